The van der Waals surface area contributed by atoms with Gasteiger partial charge >= 0.3 is 0 Å². The Balaban J connectivity index is 1.32. The molecule has 27 heavy (non-hydrogen) atoms. The van der Waals surface area contributed by atoms with Crippen LogP contribution in [0.4, 0.5) is 0 Å². The van der Waals surface area contributed by atoms with E-state index in [1.807, 2.05) is 35.2 Å². The summed E-state index contributed by atoms with van der Waals surface area (Å²) < 4.78 is 0. The van der Waals surface area contributed by atoms with Crippen LogP contribution in [0.5, 0.6) is 0 Å². The van der Waals surface area contributed by atoms with Crippen LogP contribution < -0.4 is 5.32 Å². The molecule has 0 aromatic heterocycles. The lowest BCUT2D eigenvalue weighted by atomic mass is 9.49. The average molecular weight is 367 g/mol. The van der Waals surface area contributed by atoms with E-state index in [-0.39, 0.29) is 23.3 Å². The summed E-state index contributed by atoms with van der Waals surface area (Å²) in [6.07, 6.45) is 9.20. The maximum absolute atomic E-state index is 13.4. The molecule has 144 valence electrons. The van der Waals surface area contributed by atoms with Gasteiger partial charge in [-0.1, -0.05) is 30.3 Å². The Bertz CT molecular complexity index is 694. The minimum absolute atomic E-state index is 0.00367. The molecule has 4 aliphatic carbocycles. The first kappa shape index (κ1) is 17.3. The van der Waals surface area contributed by atoms with Gasteiger partial charge in [0, 0.05) is 25.9 Å². The van der Waals surface area contributed by atoms with Crippen LogP contribution in [0, 0.1) is 23.2 Å². The predicted molar refractivity (Wildman–Crippen MR) is 104 cm³/mol. The number of carbonyl (C=O) groups excluding carboxylic acids is 2. The van der Waals surface area contributed by atoms with Crippen LogP contribution in [0.25, 0.3) is 0 Å². The number of carbonyl (C=O) groups is 2. The molecule has 1 aromatic carbocycles. The van der Waals surface area contributed by atoms with Gasteiger partial charge in [0.2, 0.25) is 11.8 Å². The van der Waals surface area contributed by atoms with Crippen LogP contribution >= 0.6 is 0 Å². The van der Waals surface area contributed by atoms with Crippen molar-refractivity contribution >= 4 is 11.8 Å². The van der Waals surface area contributed by atoms with Crippen LogP contribution in [0.2, 0.25) is 0 Å². The van der Waals surface area contributed by atoms with Crippen molar-refractivity contribution < 1.29 is 9.59 Å². The molecule has 4 bridgehead atoms. The number of piperazine rings is 1. The van der Waals surface area contributed by atoms with Gasteiger partial charge in [-0.2, -0.15) is 0 Å². The van der Waals surface area contributed by atoms with Crippen molar-refractivity contribution in [1.29, 1.82) is 0 Å². The largest absolute Gasteiger partial charge is 0.353 e. The number of nitrogens with zero attached hydrogens (tertiary/aromatic N) is 1. The van der Waals surface area contributed by atoms with E-state index in [9.17, 15) is 9.59 Å². The molecule has 6 rings (SSSR count). The van der Waals surface area contributed by atoms with Crippen LogP contribution in [-0.4, -0.2) is 35.8 Å². The van der Waals surface area contributed by atoms with Crippen LogP contribution in [0.15, 0.2) is 30.3 Å². The van der Waals surface area contributed by atoms with E-state index in [1.54, 1.807) is 0 Å². The maximum Gasteiger partial charge on any atom is 0.243 e. The molecule has 1 aromatic rings. The molecule has 1 heterocycles. The number of hydrogen-bond donors (Lipinski definition) is 1. The Morgan fingerprint density at radius 2 is 1.67 bits per heavy atom. The first-order valence-electron chi connectivity index (χ1n) is 10.7. The topological polar surface area (TPSA) is 49.4 Å². The molecule has 0 unspecified atom stereocenters. The Labute approximate surface area is 161 Å². The van der Waals surface area contributed by atoms with Crippen molar-refractivity contribution in [2.75, 3.05) is 13.1 Å². The quantitative estimate of drug-likeness (QED) is 0.890. The molecule has 1 atom stereocenters. The fraction of sp³-hybridized carbons (Fsp3) is 0.652. The van der Waals surface area contributed by atoms with E-state index in [0.29, 0.717) is 25.9 Å². The lowest BCUT2D eigenvalue weighted by molar-refractivity contribution is -0.148. The summed E-state index contributed by atoms with van der Waals surface area (Å²) >= 11 is 0. The van der Waals surface area contributed by atoms with Gasteiger partial charge in [0.15, 0.2) is 0 Å². The monoisotopic (exact) mass is 366 g/mol. The van der Waals surface area contributed by atoms with Crippen molar-refractivity contribution in [3.8, 4) is 0 Å². The van der Waals surface area contributed by atoms with Gasteiger partial charge in [0.1, 0.15) is 6.04 Å². The number of rotatable bonds is 4. The molecular formula is C23H30N2O2. The standard InChI is InChI=1S/C23H30N2O2/c26-21(15-23-12-17-8-18(13-23)10-19(9-17)14-23)25-7-6-24-22(27)20(25)11-16-4-2-1-3-5-16/h1-5,17-20H,6-15H2,(H,24,27)/t17?,18?,19?,20-,23?/m0/s1. The second-order valence-electron chi connectivity index (χ2n) is 9.68. The van der Waals surface area contributed by atoms with Crippen molar-refractivity contribution in [1.82, 2.24) is 10.2 Å². The summed E-state index contributed by atoms with van der Waals surface area (Å²) in [5.41, 5.74) is 1.35. The number of amides is 2. The van der Waals surface area contributed by atoms with Crippen molar-refractivity contribution in [3.05, 3.63) is 35.9 Å². The molecule has 2 amide bonds. The van der Waals surface area contributed by atoms with Crippen molar-refractivity contribution in [2.45, 2.75) is 57.4 Å². The number of hydrogen-bond acceptors (Lipinski definition) is 2. The lowest BCUT2D eigenvalue weighted by Gasteiger charge is -2.57. The second kappa shape index (κ2) is 6.65. The minimum Gasteiger partial charge on any atom is -0.353 e. The van der Waals surface area contributed by atoms with E-state index in [4.69, 9.17) is 0 Å². The fourth-order valence-electron chi connectivity index (χ4n) is 6.98. The average Bonchev–Trinajstić information content (AvgIpc) is 2.62. The molecule has 4 heteroatoms. The van der Waals surface area contributed by atoms with Gasteiger partial charge in [-0.15, -0.1) is 0 Å². The molecule has 1 N–H and O–H groups in total. The third-order valence-electron chi connectivity index (χ3n) is 7.61. The normalized spacial score (nSPS) is 37.3. The van der Waals surface area contributed by atoms with E-state index in [0.717, 1.165) is 23.3 Å². The van der Waals surface area contributed by atoms with Gasteiger partial charge in [0.25, 0.3) is 0 Å². The van der Waals surface area contributed by atoms with E-state index >= 15 is 0 Å². The Kier molecular flexibility index (Phi) is 4.25. The highest BCUT2D eigenvalue weighted by atomic mass is 16.2. The molecule has 0 radical (unpaired) electrons. The summed E-state index contributed by atoms with van der Waals surface area (Å²) in [7, 11) is 0. The Morgan fingerprint density at radius 3 is 2.30 bits per heavy atom. The summed E-state index contributed by atoms with van der Waals surface area (Å²) in [6, 6.07) is 9.71. The second-order valence-corrected chi connectivity index (χ2v) is 9.68. The highest BCUT2D eigenvalue weighted by Gasteiger charge is 2.52. The molecule has 1 aliphatic heterocycles. The Morgan fingerprint density at radius 1 is 1.04 bits per heavy atom. The van der Waals surface area contributed by atoms with Crippen LogP contribution in [0.3, 0.4) is 0 Å². The van der Waals surface area contributed by atoms with Crippen LogP contribution in [-0.2, 0) is 16.0 Å². The number of benzene rings is 1. The first-order chi connectivity index (χ1) is 13.1. The smallest absolute Gasteiger partial charge is 0.243 e. The SMILES string of the molecule is O=C1NCCN(C(=O)CC23CC4CC(CC(C4)C2)C3)[C@H]1Cc1ccccc1. The van der Waals surface area contributed by atoms with E-state index in [1.165, 1.54) is 38.5 Å². The van der Waals surface area contributed by atoms with Gasteiger partial charge in [-0.05, 0) is 67.3 Å². The molecule has 4 saturated carbocycles. The summed E-state index contributed by atoms with van der Waals surface area (Å²) in [5.74, 6) is 2.79. The van der Waals surface area contributed by atoms with Crippen molar-refractivity contribution in [2.24, 2.45) is 23.2 Å². The molecular weight excluding hydrogens is 336 g/mol. The van der Waals surface area contributed by atoms with Crippen molar-refractivity contribution in [3.63, 3.8) is 0 Å². The van der Waals surface area contributed by atoms with E-state index < -0.39 is 0 Å². The molecule has 4 nitrogen and oxygen atoms in total. The molecule has 5 aliphatic rings. The third kappa shape index (κ3) is 3.28. The fourth-order valence-corrected chi connectivity index (χ4v) is 6.98. The molecule has 0 spiro atoms. The van der Waals surface area contributed by atoms with Crippen LogP contribution in [0.1, 0.15) is 50.5 Å². The number of nitrogens with one attached hydrogen (secondary N) is 1. The van der Waals surface area contributed by atoms with Gasteiger partial charge in [0.05, 0.1) is 0 Å². The van der Waals surface area contributed by atoms with Gasteiger partial charge in [-0.3, -0.25) is 9.59 Å². The maximum atomic E-state index is 13.4. The zero-order chi connectivity index (χ0) is 18.4. The minimum atomic E-state index is -0.359. The Hall–Kier alpha value is -1.84. The zero-order valence-electron chi connectivity index (χ0n) is 16.0. The van der Waals surface area contributed by atoms with Gasteiger partial charge in [-0.25, -0.2) is 0 Å². The highest BCUT2D eigenvalue weighted by molar-refractivity contribution is 5.89. The summed E-state index contributed by atoms with van der Waals surface area (Å²) in [4.78, 5) is 27.8. The summed E-state index contributed by atoms with van der Waals surface area (Å²) in [5, 5.41) is 2.96. The molecule has 5 fully saturated rings. The predicted octanol–water partition coefficient (Wildman–Crippen LogP) is 3.16. The third-order valence-corrected chi connectivity index (χ3v) is 7.61. The molecule has 1 saturated heterocycles. The summed E-state index contributed by atoms with van der Waals surface area (Å²) in [6.45, 7) is 1.23. The first-order valence-corrected chi connectivity index (χ1v) is 10.7. The zero-order valence-corrected chi connectivity index (χ0v) is 16.0. The van der Waals surface area contributed by atoms with E-state index in [2.05, 4.69) is 5.32 Å². The highest BCUT2D eigenvalue weighted by Crippen LogP contribution is 2.61. The van der Waals surface area contributed by atoms with Gasteiger partial charge < -0.3 is 10.2 Å². The lowest BCUT2D eigenvalue weighted by Crippen LogP contribution is -2.59.